The minimum absolute atomic E-state index is 0. The molecule has 10 heavy (non-hydrogen) atoms. The van der Waals surface area contributed by atoms with Crippen molar-refractivity contribution < 1.29 is 12.4 Å². The summed E-state index contributed by atoms with van der Waals surface area (Å²) in [5, 5.41) is 0. The molecule has 0 rings (SSSR count). The Hall–Kier alpha value is 0.250. The maximum Gasteiger partial charge on any atom is -0.0471 e. The van der Waals surface area contributed by atoms with Crippen LogP contribution in [-0.2, 0) is 0 Å². The van der Waals surface area contributed by atoms with Crippen LogP contribution in [0.2, 0.25) is 0 Å². The Morgan fingerprint density at radius 3 is 1.90 bits per heavy atom. The van der Waals surface area contributed by atoms with Crippen molar-refractivity contribution in [1.29, 1.82) is 0 Å². The second kappa shape index (κ2) is 12.0. The van der Waals surface area contributed by atoms with Crippen molar-refractivity contribution in [1.82, 2.24) is 6.15 Å². The van der Waals surface area contributed by atoms with Gasteiger partial charge in [-0.25, -0.2) is 0 Å². The Kier molecular flexibility index (Phi) is 20.0. The predicted octanol–water partition coefficient (Wildman–Crippen LogP) is 0.603. The molecule has 0 aromatic heterocycles. The molecule has 0 atom stereocenters. The zero-order valence-electron chi connectivity index (χ0n) is 7.78. The van der Waals surface area contributed by atoms with Crippen LogP contribution in [0.15, 0.2) is 0 Å². The van der Waals surface area contributed by atoms with Gasteiger partial charge in [0.25, 0.3) is 0 Å². The van der Waals surface area contributed by atoms with Gasteiger partial charge in [0.15, 0.2) is 0 Å². The van der Waals surface area contributed by atoms with E-state index in [0.29, 0.717) is 0 Å². The van der Waals surface area contributed by atoms with E-state index >= 15 is 0 Å². The van der Waals surface area contributed by atoms with Crippen molar-refractivity contribution in [2.45, 2.75) is 46.5 Å². The van der Waals surface area contributed by atoms with Gasteiger partial charge in [0.2, 0.25) is 0 Å². The standard InChI is InChI=1S/C8H18.ClH.H3N/c1-4-5-6-7-8(2)3;;/h8H,4-7H2,1-3H3;1H;1H3. The molecule has 0 spiro atoms. The van der Waals surface area contributed by atoms with Crippen molar-refractivity contribution in [3.8, 4) is 0 Å². The van der Waals surface area contributed by atoms with E-state index in [1.165, 1.54) is 25.7 Å². The molecule has 0 aromatic carbocycles. The highest BCUT2D eigenvalue weighted by atomic mass is 35.5. The lowest BCUT2D eigenvalue weighted by Gasteiger charge is -2.00. The van der Waals surface area contributed by atoms with Crippen LogP contribution in [0.25, 0.3) is 0 Å². The highest BCUT2D eigenvalue weighted by molar-refractivity contribution is 4.44. The van der Waals surface area contributed by atoms with E-state index in [4.69, 9.17) is 0 Å². The summed E-state index contributed by atoms with van der Waals surface area (Å²) >= 11 is 0. The second-order valence-corrected chi connectivity index (χ2v) is 2.89. The number of quaternary nitrogens is 1. The van der Waals surface area contributed by atoms with Gasteiger partial charge >= 0.3 is 0 Å². The molecule has 0 aliphatic rings. The zero-order chi connectivity index (χ0) is 6.41. The lowest BCUT2D eigenvalue weighted by Crippen LogP contribution is -3.00. The molecule has 2 heteroatoms. The number of unbranched alkanes of at least 4 members (excludes halogenated alkanes) is 2. The predicted molar refractivity (Wildman–Crippen MR) is 45.0 cm³/mol. The summed E-state index contributed by atoms with van der Waals surface area (Å²) in [5.41, 5.74) is 0. The van der Waals surface area contributed by atoms with Gasteiger partial charge in [-0.15, -0.1) is 0 Å². The Morgan fingerprint density at radius 1 is 1.10 bits per heavy atom. The smallest absolute Gasteiger partial charge is 0.0471 e. The normalized spacial score (nSPS) is 8.40. The van der Waals surface area contributed by atoms with Crippen LogP contribution in [0.4, 0.5) is 0 Å². The van der Waals surface area contributed by atoms with Crippen LogP contribution in [-0.4, -0.2) is 0 Å². The fourth-order valence-electron chi connectivity index (χ4n) is 0.803. The summed E-state index contributed by atoms with van der Waals surface area (Å²) in [6.45, 7) is 6.83. The first-order valence-corrected chi connectivity index (χ1v) is 3.77. The molecule has 0 unspecified atom stereocenters. The average molecular weight is 168 g/mol. The number of hydrogen-bond donors (Lipinski definition) is 1. The van der Waals surface area contributed by atoms with E-state index in [1.54, 1.807) is 0 Å². The van der Waals surface area contributed by atoms with Crippen LogP contribution in [0.1, 0.15) is 46.5 Å². The fourth-order valence-corrected chi connectivity index (χ4v) is 0.803. The van der Waals surface area contributed by atoms with Crippen LogP contribution in [0.3, 0.4) is 0 Å². The zero-order valence-corrected chi connectivity index (χ0v) is 8.54. The Balaban J connectivity index is -0.000000245. The van der Waals surface area contributed by atoms with Gasteiger partial charge in [-0.3, -0.25) is 0 Å². The molecule has 0 saturated heterocycles. The summed E-state index contributed by atoms with van der Waals surface area (Å²) in [6, 6.07) is 0. The molecule has 0 aromatic rings. The third kappa shape index (κ3) is 15.7. The maximum absolute atomic E-state index is 2.29. The number of halogens is 1. The van der Waals surface area contributed by atoms with Gasteiger partial charge in [0, 0.05) is 0 Å². The van der Waals surface area contributed by atoms with Gasteiger partial charge in [-0.05, 0) is 5.92 Å². The third-order valence-corrected chi connectivity index (χ3v) is 1.39. The van der Waals surface area contributed by atoms with Crippen LogP contribution in [0, 0.1) is 5.92 Å². The Bertz CT molecular complexity index is 46.5. The van der Waals surface area contributed by atoms with E-state index in [-0.39, 0.29) is 18.6 Å². The molecule has 0 radical (unpaired) electrons. The maximum atomic E-state index is 2.29. The van der Waals surface area contributed by atoms with Crippen molar-refractivity contribution >= 4 is 0 Å². The van der Waals surface area contributed by atoms with Gasteiger partial charge < -0.3 is 18.6 Å². The van der Waals surface area contributed by atoms with Gasteiger partial charge in [0.1, 0.15) is 0 Å². The number of rotatable bonds is 4. The van der Waals surface area contributed by atoms with Gasteiger partial charge in [-0.1, -0.05) is 46.5 Å². The highest BCUT2D eigenvalue weighted by Gasteiger charge is 1.90. The summed E-state index contributed by atoms with van der Waals surface area (Å²) in [6.07, 6.45) is 5.60. The van der Waals surface area contributed by atoms with Crippen molar-refractivity contribution in [3.05, 3.63) is 0 Å². The molecule has 0 bridgehead atoms. The van der Waals surface area contributed by atoms with Gasteiger partial charge in [0.05, 0.1) is 0 Å². The van der Waals surface area contributed by atoms with E-state index in [1.807, 2.05) is 0 Å². The number of hydrogen-bond acceptors (Lipinski definition) is 0. The summed E-state index contributed by atoms with van der Waals surface area (Å²) in [4.78, 5) is 0. The van der Waals surface area contributed by atoms with E-state index in [9.17, 15) is 0 Å². The summed E-state index contributed by atoms with van der Waals surface area (Å²) in [5.74, 6) is 0.904. The van der Waals surface area contributed by atoms with Crippen molar-refractivity contribution in [2.75, 3.05) is 0 Å². The van der Waals surface area contributed by atoms with E-state index in [2.05, 4.69) is 20.8 Å². The first kappa shape index (κ1) is 16.7. The molecule has 66 valence electrons. The fraction of sp³-hybridized carbons (Fsp3) is 1.00. The van der Waals surface area contributed by atoms with Crippen molar-refractivity contribution in [2.24, 2.45) is 5.92 Å². The Morgan fingerprint density at radius 2 is 1.60 bits per heavy atom. The molecular weight excluding hydrogens is 146 g/mol. The minimum Gasteiger partial charge on any atom is -1.00 e. The minimum atomic E-state index is 0. The Labute approximate surface area is 71.6 Å². The quantitative estimate of drug-likeness (QED) is 0.596. The van der Waals surface area contributed by atoms with E-state index < -0.39 is 0 Å². The third-order valence-electron chi connectivity index (χ3n) is 1.39. The van der Waals surface area contributed by atoms with E-state index in [0.717, 1.165) is 5.92 Å². The van der Waals surface area contributed by atoms with Gasteiger partial charge in [-0.2, -0.15) is 0 Å². The molecule has 0 heterocycles. The molecule has 4 N–H and O–H groups in total. The van der Waals surface area contributed by atoms with Crippen LogP contribution < -0.4 is 18.6 Å². The molecule has 0 saturated carbocycles. The van der Waals surface area contributed by atoms with Crippen LogP contribution in [0.5, 0.6) is 0 Å². The molecule has 0 aliphatic carbocycles. The molecule has 1 nitrogen and oxygen atoms in total. The SMILES string of the molecule is CCCCCC(C)C.[Cl-].[NH4+]. The lowest BCUT2D eigenvalue weighted by atomic mass is 10.1. The summed E-state index contributed by atoms with van der Waals surface area (Å²) < 4.78 is 0. The molecule has 0 aliphatic heterocycles. The summed E-state index contributed by atoms with van der Waals surface area (Å²) in [7, 11) is 0. The largest absolute Gasteiger partial charge is 1.00 e. The molecule has 0 fully saturated rings. The lowest BCUT2D eigenvalue weighted by molar-refractivity contribution is -0.00000254. The van der Waals surface area contributed by atoms with Crippen molar-refractivity contribution in [3.63, 3.8) is 0 Å². The average Bonchev–Trinajstić information content (AvgIpc) is 1.66. The first-order chi connectivity index (χ1) is 3.77. The highest BCUT2D eigenvalue weighted by Crippen LogP contribution is 2.06. The molecular formula is C8H22ClN. The molecule has 0 amide bonds. The second-order valence-electron chi connectivity index (χ2n) is 2.89. The topological polar surface area (TPSA) is 36.5 Å². The monoisotopic (exact) mass is 167 g/mol. The van der Waals surface area contributed by atoms with Crippen LogP contribution >= 0.6 is 0 Å². The first-order valence-electron chi connectivity index (χ1n) is 3.77.